The van der Waals surface area contributed by atoms with E-state index in [0.717, 1.165) is 11.3 Å². The first kappa shape index (κ1) is 16.6. The van der Waals surface area contributed by atoms with Gasteiger partial charge in [0.25, 0.3) is 0 Å². The zero-order chi connectivity index (χ0) is 17.8. The van der Waals surface area contributed by atoms with Gasteiger partial charge >= 0.3 is 0 Å². The van der Waals surface area contributed by atoms with Crippen molar-refractivity contribution in [3.05, 3.63) is 95.6 Å². The topological polar surface area (TPSA) is 24.4 Å². The molecule has 2 atom stereocenters. The Morgan fingerprint density at radius 3 is 2.35 bits per heavy atom. The first-order valence-corrected chi connectivity index (χ1v) is 9.40. The molecule has 3 aromatic rings. The van der Waals surface area contributed by atoms with Crippen LogP contribution < -0.4 is 5.32 Å². The lowest BCUT2D eigenvalue weighted by Crippen LogP contribution is -2.11. The molecule has 1 N–H and O–H groups in total. The number of fused-ring (bicyclic) bond motifs is 1. The lowest BCUT2D eigenvalue weighted by molar-refractivity contribution is 0.564. The zero-order valence-corrected chi connectivity index (χ0v) is 15.1. The molecule has 1 aliphatic rings. The highest BCUT2D eigenvalue weighted by Gasteiger charge is 2.33. The van der Waals surface area contributed by atoms with Crippen molar-refractivity contribution in [2.24, 2.45) is 4.99 Å². The largest absolute Gasteiger partial charge is 0.377 e. The second kappa shape index (κ2) is 7.57. The molecule has 0 radical (unpaired) electrons. The van der Waals surface area contributed by atoms with E-state index in [2.05, 4.69) is 65.8 Å². The van der Waals surface area contributed by atoms with E-state index in [1.54, 1.807) is 0 Å². The van der Waals surface area contributed by atoms with Crippen LogP contribution in [-0.4, -0.2) is 6.21 Å². The van der Waals surface area contributed by atoms with Crippen molar-refractivity contribution in [3.8, 4) is 0 Å². The first-order valence-electron chi connectivity index (χ1n) is 9.40. The number of aliphatic imine (C=N–C) groups is 1. The van der Waals surface area contributed by atoms with Crippen LogP contribution in [0.1, 0.15) is 48.4 Å². The van der Waals surface area contributed by atoms with Crippen LogP contribution in [0, 0.1) is 0 Å². The molecule has 2 heteroatoms. The molecule has 0 aliphatic carbocycles. The number of rotatable bonds is 5. The van der Waals surface area contributed by atoms with Gasteiger partial charge in [-0.05, 0) is 29.7 Å². The zero-order valence-electron chi connectivity index (χ0n) is 15.1. The molecule has 26 heavy (non-hydrogen) atoms. The van der Waals surface area contributed by atoms with Crippen molar-refractivity contribution >= 4 is 17.6 Å². The van der Waals surface area contributed by atoms with E-state index in [4.69, 9.17) is 0 Å². The monoisotopic (exact) mass is 340 g/mol. The highest BCUT2D eigenvalue weighted by atomic mass is 15.0. The Labute approximate surface area is 155 Å². The molecular weight excluding hydrogens is 316 g/mol. The number of para-hydroxylation sites is 2. The van der Waals surface area contributed by atoms with Gasteiger partial charge in [-0.1, -0.05) is 80.1 Å². The average molecular weight is 340 g/mol. The van der Waals surface area contributed by atoms with E-state index in [0.29, 0.717) is 12.0 Å². The summed E-state index contributed by atoms with van der Waals surface area (Å²) in [4.78, 5) is 4.66. The summed E-state index contributed by atoms with van der Waals surface area (Å²) in [5.74, 6) is 0.502. The van der Waals surface area contributed by atoms with Crippen molar-refractivity contribution in [1.82, 2.24) is 0 Å². The third kappa shape index (κ3) is 3.28. The molecule has 0 amide bonds. The van der Waals surface area contributed by atoms with Gasteiger partial charge in [0, 0.05) is 23.4 Å². The molecule has 1 heterocycles. The summed E-state index contributed by atoms with van der Waals surface area (Å²) >= 11 is 0. The van der Waals surface area contributed by atoms with Gasteiger partial charge in [-0.15, -0.1) is 0 Å². The van der Waals surface area contributed by atoms with E-state index in [9.17, 15) is 0 Å². The second-order valence-corrected chi connectivity index (χ2v) is 6.83. The van der Waals surface area contributed by atoms with Crippen LogP contribution in [0.25, 0.3) is 0 Å². The van der Waals surface area contributed by atoms with Crippen molar-refractivity contribution in [1.29, 1.82) is 0 Å². The minimum atomic E-state index is 0.331. The van der Waals surface area contributed by atoms with Gasteiger partial charge in [-0.2, -0.15) is 0 Å². The minimum absolute atomic E-state index is 0.331. The van der Waals surface area contributed by atoms with Crippen LogP contribution in [0.15, 0.2) is 83.9 Å². The van der Waals surface area contributed by atoms with Gasteiger partial charge < -0.3 is 5.32 Å². The Morgan fingerprint density at radius 2 is 1.62 bits per heavy atom. The van der Waals surface area contributed by atoms with Gasteiger partial charge in [0.05, 0.1) is 11.7 Å². The van der Waals surface area contributed by atoms with Gasteiger partial charge in [0.1, 0.15) is 0 Å². The van der Waals surface area contributed by atoms with Crippen LogP contribution in [0.3, 0.4) is 0 Å². The van der Waals surface area contributed by atoms with Crippen LogP contribution in [0.5, 0.6) is 0 Å². The van der Waals surface area contributed by atoms with E-state index < -0.39 is 0 Å². The Hall–Kier alpha value is -2.87. The number of nitrogens with one attached hydrogen (secondary N) is 1. The predicted octanol–water partition coefficient (Wildman–Crippen LogP) is 6.49. The summed E-state index contributed by atoms with van der Waals surface area (Å²) in [5.41, 5.74) is 6.14. The summed E-state index contributed by atoms with van der Waals surface area (Å²) in [5, 5.41) is 3.80. The number of anilines is 1. The molecule has 130 valence electrons. The average Bonchev–Trinajstić information content (AvgIpc) is 3.07. The van der Waals surface area contributed by atoms with Crippen LogP contribution in [0.4, 0.5) is 11.4 Å². The van der Waals surface area contributed by atoms with Crippen molar-refractivity contribution in [3.63, 3.8) is 0 Å². The molecule has 0 fully saturated rings. The second-order valence-electron chi connectivity index (χ2n) is 6.83. The number of benzene rings is 3. The van der Waals surface area contributed by atoms with Gasteiger partial charge in [-0.25, -0.2) is 0 Å². The molecule has 2 unspecified atom stereocenters. The lowest BCUT2D eigenvalue weighted by Gasteiger charge is -2.20. The summed E-state index contributed by atoms with van der Waals surface area (Å²) in [7, 11) is 0. The van der Waals surface area contributed by atoms with Crippen LogP contribution >= 0.6 is 0 Å². The van der Waals surface area contributed by atoms with Gasteiger partial charge in [0.2, 0.25) is 0 Å². The first-order chi connectivity index (χ1) is 12.9. The maximum absolute atomic E-state index is 4.66. The minimum Gasteiger partial charge on any atom is -0.377 e. The predicted molar refractivity (Wildman–Crippen MR) is 111 cm³/mol. The third-order valence-corrected chi connectivity index (χ3v) is 5.10. The highest BCUT2D eigenvalue weighted by Crippen LogP contribution is 2.47. The van der Waals surface area contributed by atoms with Crippen LogP contribution in [-0.2, 0) is 0 Å². The Bertz CT molecular complexity index is 885. The van der Waals surface area contributed by atoms with E-state index in [-0.39, 0.29) is 0 Å². The van der Waals surface area contributed by atoms with E-state index in [1.807, 2.05) is 36.5 Å². The third-order valence-electron chi connectivity index (χ3n) is 5.10. The number of hydrogen-bond acceptors (Lipinski definition) is 2. The molecule has 3 aromatic carbocycles. The molecule has 4 rings (SSSR count). The summed E-state index contributed by atoms with van der Waals surface area (Å²) in [6.07, 6.45) is 4.34. The molecule has 0 spiro atoms. The summed E-state index contributed by atoms with van der Waals surface area (Å²) < 4.78 is 0. The lowest BCUT2D eigenvalue weighted by atomic mass is 9.87. The SMILES string of the molecule is CCCC1c2cccc(C=Nc3ccccc3)c2NC1c1ccccc1. The maximum Gasteiger partial charge on any atom is 0.0629 e. The fourth-order valence-corrected chi connectivity index (χ4v) is 3.88. The van der Waals surface area contributed by atoms with Gasteiger partial charge in [-0.3, -0.25) is 4.99 Å². The Morgan fingerprint density at radius 1 is 0.885 bits per heavy atom. The molecule has 1 aliphatic heterocycles. The van der Waals surface area contributed by atoms with E-state index >= 15 is 0 Å². The molecule has 0 aromatic heterocycles. The molecule has 2 nitrogen and oxygen atoms in total. The van der Waals surface area contributed by atoms with Crippen molar-refractivity contribution in [2.45, 2.75) is 31.7 Å². The maximum atomic E-state index is 4.66. The Kier molecular flexibility index (Phi) is 4.83. The quantitative estimate of drug-likeness (QED) is 0.528. The molecule has 0 saturated heterocycles. The van der Waals surface area contributed by atoms with E-state index in [1.165, 1.54) is 29.7 Å². The van der Waals surface area contributed by atoms with Gasteiger partial charge in [0.15, 0.2) is 0 Å². The van der Waals surface area contributed by atoms with Crippen molar-refractivity contribution in [2.75, 3.05) is 5.32 Å². The normalized spacial score (nSPS) is 18.7. The highest BCUT2D eigenvalue weighted by molar-refractivity contribution is 5.91. The summed E-state index contributed by atoms with van der Waals surface area (Å²) in [6.45, 7) is 2.26. The van der Waals surface area contributed by atoms with Crippen molar-refractivity contribution < 1.29 is 0 Å². The standard InChI is InChI=1S/C24H24N2/c1-2-10-21-22-16-9-13-19(17-25-20-14-7-4-8-15-20)24(22)26-23(21)18-11-5-3-6-12-18/h3-9,11-17,21,23,26H,2,10H2,1H3. The number of nitrogens with zero attached hydrogens (tertiary/aromatic N) is 1. The van der Waals surface area contributed by atoms with Crippen LogP contribution in [0.2, 0.25) is 0 Å². The molecular formula is C24H24N2. The fraction of sp³-hybridized carbons (Fsp3) is 0.208. The molecule has 0 bridgehead atoms. The smallest absolute Gasteiger partial charge is 0.0629 e. The molecule has 0 saturated carbocycles. The summed E-state index contributed by atoms with van der Waals surface area (Å²) in [6, 6.07) is 27.8. The Balaban J connectivity index is 1.69. The fourth-order valence-electron chi connectivity index (χ4n) is 3.88. The number of hydrogen-bond donors (Lipinski definition) is 1.